The molecular formula is C25H32N4O2. The monoisotopic (exact) mass is 420 g/mol. The number of nitrogens with zero attached hydrogens (tertiary/aromatic N) is 2. The molecule has 0 aromatic heterocycles. The van der Waals surface area contributed by atoms with Crippen molar-refractivity contribution < 1.29 is 9.84 Å². The first-order valence-electron chi connectivity index (χ1n) is 11.2. The standard InChI is InChI=1S/C25H32N4O2/c26-24(14-19-4-2-1-3-5-19)28-11-8-20(9-12-28)18-31-23-7-6-21-10-13-29(25(27)17-30)16-22(21)15-23/h1-7,15,20,26-27,30H,8-14,16-18H2. The molecule has 4 rings (SSSR count). The Morgan fingerprint density at radius 2 is 1.71 bits per heavy atom. The van der Waals surface area contributed by atoms with Gasteiger partial charge in [-0.25, -0.2) is 0 Å². The van der Waals surface area contributed by atoms with Gasteiger partial charge in [-0.1, -0.05) is 36.4 Å². The van der Waals surface area contributed by atoms with Gasteiger partial charge in [0.25, 0.3) is 0 Å². The molecule has 0 atom stereocenters. The number of nitrogens with one attached hydrogen (secondary N) is 2. The van der Waals surface area contributed by atoms with Gasteiger partial charge in [-0.15, -0.1) is 0 Å². The number of aliphatic hydroxyl groups excluding tert-OH is 1. The number of piperidine rings is 1. The molecule has 6 heteroatoms. The van der Waals surface area contributed by atoms with E-state index in [1.54, 1.807) is 0 Å². The first kappa shape index (κ1) is 21.4. The second kappa shape index (κ2) is 9.96. The topological polar surface area (TPSA) is 83.6 Å². The number of likely N-dealkylation sites (tertiary alicyclic amines) is 1. The van der Waals surface area contributed by atoms with E-state index in [2.05, 4.69) is 35.2 Å². The van der Waals surface area contributed by atoms with Crippen molar-refractivity contribution in [2.75, 3.05) is 32.8 Å². The second-order valence-electron chi connectivity index (χ2n) is 8.56. The zero-order valence-corrected chi connectivity index (χ0v) is 18.0. The van der Waals surface area contributed by atoms with E-state index in [9.17, 15) is 5.11 Å². The van der Waals surface area contributed by atoms with Crippen molar-refractivity contribution in [2.24, 2.45) is 5.92 Å². The second-order valence-corrected chi connectivity index (χ2v) is 8.56. The van der Waals surface area contributed by atoms with Gasteiger partial charge in [0.15, 0.2) is 0 Å². The van der Waals surface area contributed by atoms with Crippen molar-refractivity contribution in [3.8, 4) is 5.75 Å². The highest BCUT2D eigenvalue weighted by molar-refractivity contribution is 5.81. The molecule has 1 fully saturated rings. The minimum atomic E-state index is -0.215. The Labute approximate surface area is 184 Å². The van der Waals surface area contributed by atoms with Crippen LogP contribution in [-0.4, -0.2) is 59.4 Å². The summed E-state index contributed by atoms with van der Waals surface area (Å²) in [5.41, 5.74) is 3.68. The van der Waals surface area contributed by atoms with Gasteiger partial charge in [0, 0.05) is 32.6 Å². The van der Waals surface area contributed by atoms with E-state index < -0.39 is 0 Å². The molecule has 2 aromatic carbocycles. The highest BCUT2D eigenvalue weighted by Gasteiger charge is 2.22. The quantitative estimate of drug-likeness (QED) is 0.494. The van der Waals surface area contributed by atoms with Crippen LogP contribution in [0.15, 0.2) is 48.5 Å². The first-order valence-corrected chi connectivity index (χ1v) is 11.2. The number of aliphatic hydroxyl groups is 1. The number of ether oxygens (including phenoxy) is 1. The summed E-state index contributed by atoms with van der Waals surface area (Å²) in [5, 5.41) is 25.5. The molecule has 0 bridgehead atoms. The fourth-order valence-electron chi connectivity index (χ4n) is 4.44. The molecule has 2 aliphatic rings. The van der Waals surface area contributed by atoms with Crippen LogP contribution < -0.4 is 4.74 Å². The molecule has 0 radical (unpaired) electrons. The van der Waals surface area contributed by atoms with E-state index in [1.165, 1.54) is 16.7 Å². The highest BCUT2D eigenvalue weighted by atomic mass is 16.5. The fraction of sp³-hybridized carbons (Fsp3) is 0.440. The SMILES string of the molecule is N=C(Cc1ccccc1)N1CCC(COc2ccc3c(c2)CN(C(=N)CO)CC3)CC1. The van der Waals surface area contributed by atoms with Crippen LogP contribution in [0.5, 0.6) is 5.75 Å². The van der Waals surface area contributed by atoms with Crippen molar-refractivity contribution in [1.82, 2.24) is 9.80 Å². The van der Waals surface area contributed by atoms with Crippen molar-refractivity contribution in [3.63, 3.8) is 0 Å². The third-order valence-corrected chi connectivity index (χ3v) is 6.42. The lowest BCUT2D eigenvalue weighted by Gasteiger charge is -2.34. The lowest BCUT2D eigenvalue weighted by Crippen LogP contribution is -2.40. The number of fused-ring (bicyclic) bond motifs is 1. The molecule has 1 saturated heterocycles. The van der Waals surface area contributed by atoms with Gasteiger partial charge in [0.2, 0.25) is 0 Å². The van der Waals surface area contributed by atoms with Crippen molar-refractivity contribution in [1.29, 1.82) is 10.8 Å². The van der Waals surface area contributed by atoms with Crippen molar-refractivity contribution >= 4 is 11.7 Å². The summed E-state index contributed by atoms with van der Waals surface area (Å²) in [6, 6.07) is 16.5. The van der Waals surface area contributed by atoms with E-state index in [-0.39, 0.29) is 12.4 Å². The van der Waals surface area contributed by atoms with E-state index >= 15 is 0 Å². The Hall–Kier alpha value is -2.86. The average molecular weight is 421 g/mol. The molecule has 0 unspecified atom stereocenters. The molecule has 0 aliphatic carbocycles. The van der Waals surface area contributed by atoms with Crippen LogP contribution >= 0.6 is 0 Å². The molecule has 2 aromatic rings. The maximum atomic E-state index is 9.24. The predicted molar refractivity (Wildman–Crippen MR) is 123 cm³/mol. The zero-order valence-electron chi connectivity index (χ0n) is 18.0. The van der Waals surface area contributed by atoms with Crippen LogP contribution in [0.1, 0.15) is 29.5 Å². The molecule has 164 valence electrons. The predicted octanol–water partition coefficient (Wildman–Crippen LogP) is 3.33. The van der Waals surface area contributed by atoms with E-state index in [0.29, 0.717) is 31.3 Å². The van der Waals surface area contributed by atoms with Gasteiger partial charge in [0.1, 0.15) is 24.0 Å². The zero-order chi connectivity index (χ0) is 21.6. The maximum absolute atomic E-state index is 9.24. The third-order valence-electron chi connectivity index (χ3n) is 6.42. The summed E-state index contributed by atoms with van der Waals surface area (Å²) in [7, 11) is 0. The van der Waals surface area contributed by atoms with E-state index in [0.717, 1.165) is 44.6 Å². The fourth-order valence-corrected chi connectivity index (χ4v) is 4.44. The Morgan fingerprint density at radius 1 is 0.935 bits per heavy atom. The van der Waals surface area contributed by atoms with Gasteiger partial charge in [-0.05, 0) is 54.0 Å². The first-order chi connectivity index (χ1) is 15.1. The van der Waals surface area contributed by atoms with Crippen molar-refractivity contribution in [2.45, 2.75) is 32.2 Å². The van der Waals surface area contributed by atoms with Gasteiger partial charge in [-0.2, -0.15) is 0 Å². The van der Waals surface area contributed by atoms with Gasteiger partial charge < -0.3 is 19.6 Å². The van der Waals surface area contributed by atoms with E-state index in [4.69, 9.17) is 15.6 Å². The van der Waals surface area contributed by atoms with E-state index in [1.807, 2.05) is 23.1 Å². The molecule has 31 heavy (non-hydrogen) atoms. The summed E-state index contributed by atoms with van der Waals surface area (Å²) in [6.45, 7) is 3.77. The van der Waals surface area contributed by atoms with Gasteiger partial charge in [-0.3, -0.25) is 10.8 Å². The Bertz CT molecular complexity index is 907. The molecule has 0 saturated carbocycles. The molecule has 3 N–H and O–H groups in total. The summed E-state index contributed by atoms with van der Waals surface area (Å²) in [5.74, 6) is 2.38. The third kappa shape index (κ3) is 5.44. The summed E-state index contributed by atoms with van der Waals surface area (Å²) in [6.07, 6.45) is 3.68. The Morgan fingerprint density at radius 3 is 2.45 bits per heavy atom. The normalized spacial score (nSPS) is 16.7. The Balaban J connectivity index is 1.25. The molecule has 6 nitrogen and oxygen atoms in total. The number of amidine groups is 2. The van der Waals surface area contributed by atoms with Gasteiger partial charge in [0.05, 0.1) is 6.61 Å². The molecule has 0 amide bonds. The van der Waals surface area contributed by atoms with Crippen molar-refractivity contribution in [3.05, 3.63) is 65.2 Å². The number of hydrogen-bond acceptors (Lipinski definition) is 4. The number of benzene rings is 2. The lowest BCUT2D eigenvalue weighted by molar-refractivity contribution is 0.179. The minimum absolute atomic E-state index is 0.215. The largest absolute Gasteiger partial charge is 0.493 e. The smallest absolute Gasteiger partial charge is 0.122 e. The molecular weight excluding hydrogens is 388 g/mol. The minimum Gasteiger partial charge on any atom is -0.493 e. The molecule has 0 spiro atoms. The summed E-state index contributed by atoms with van der Waals surface area (Å²) < 4.78 is 6.13. The van der Waals surface area contributed by atoms with Crippen LogP contribution in [0.3, 0.4) is 0 Å². The lowest BCUT2D eigenvalue weighted by atomic mass is 9.97. The summed E-state index contributed by atoms with van der Waals surface area (Å²) in [4.78, 5) is 4.12. The summed E-state index contributed by atoms with van der Waals surface area (Å²) >= 11 is 0. The van der Waals surface area contributed by atoms with Crippen LogP contribution in [-0.2, 0) is 19.4 Å². The average Bonchev–Trinajstić information content (AvgIpc) is 2.82. The molecule has 2 aliphatic heterocycles. The van der Waals surface area contributed by atoms with Crippen LogP contribution in [0, 0.1) is 16.7 Å². The molecule has 2 heterocycles. The van der Waals surface area contributed by atoms with Gasteiger partial charge >= 0.3 is 0 Å². The number of hydrogen-bond donors (Lipinski definition) is 3. The van der Waals surface area contributed by atoms with Crippen LogP contribution in [0.4, 0.5) is 0 Å². The van der Waals surface area contributed by atoms with Crippen LogP contribution in [0.25, 0.3) is 0 Å². The highest BCUT2D eigenvalue weighted by Crippen LogP contribution is 2.26. The van der Waals surface area contributed by atoms with Crippen LogP contribution in [0.2, 0.25) is 0 Å². The number of rotatable bonds is 6. The maximum Gasteiger partial charge on any atom is 0.122 e. The Kier molecular flexibility index (Phi) is 6.87.